The first-order valence-electron chi connectivity index (χ1n) is 6.70. The molecular formula is C16H16IN3O2. The van der Waals surface area contributed by atoms with Crippen LogP contribution in [0.5, 0.6) is 0 Å². The van der Waals surface area contributed by atoms with Crippen LogP contribution in [-0.2, 0) is 4.79 Å². The van der Waals surface area contributed by atoms with Gasteiger partial charge in [-0.25, -0.2) is 0 Å². The number of anilines is 2. The maximum Gasteiger partial charge on any atom is 0.251 e. The van der Waals surface area contributed by atoms with E-state index in [9.17, 15) is 9.59 Å². The van der Waals surface area contributed by atoms with Crippen molar-refractivity contribution in [3.63, 3.8) is 0 Å². The minimum Gasteiger partial charge on any atom is -0.376 e. The van der Waals surface area contributed by atoms with Crippen molar-refractivity contribution in [1.29, 1.82) is 0 Å². The minimum atomic E-state index is -0.136. The Kier molecular flexibility index (Phi) is 5.76. The normalized spacial score (nSPS) is 9.91. The van der Waals surface area contributed by atoms with Crippen LogP contribution in [0.1, 0.15) is 10.4 Å². The number of halogens is 1. The third kappa shape index (κ3) is 4.73. The summed E-state index contributed by atoms with van der Waals surface area (Å²) in [6.07, 6.45) is 0. The molecule has 0 aliphatic heterocycles. The molecule has 0 spiro atoms. The summed E-state index contributed by atoms with van der Waals surface area (Å²) in [4.78, 5) is 23.3. The molecule has 0 bridgehead atoms. The zero-order chi connectivity index (χ0) is 15.9. The second kappa shape index (κ2) is 7.79. The number of hydrogen-bond donors (Lipinski definition) is 3. The number of carbonyl (C=O) groups excluding carboxylic acids is 2. The van der Waals surface area contributed by atoms with Gasteiger partial charge in [0.1, 0.15) is 0 Å². The molecule has 3 N–H and O–H groups in total. The Balaban J connectivity index is 1.85. The maximum absolute atomic E-state index is 11.9. The summed E-state index contributed by atoms with van der Waals surface area (Å²) in [5.74, 6) is -0.264. The second-order valence-corrected chi connectivity index (χ2v) is 5.81. The number of benzene rings is 2. The first-order valence-corrected chi connectivity index (χ1v) is 7.78. The van der Waals surface area contributed by atoms with Crippen LogP contribution in [-0.4, -0.2) is 25.4 Å². The van der Waals surface area contributed by atoms with Gasteiger partial charge >= 0.3 is 0 Å². The van der Waals surface area contributed by atoms with Crippen LogP contribution in [0, 0.1) is 3.57 Å². The first-order chi connectivity index (χ1) is 10.6. The number of carbonyl (C=O) groups is 2. The summed E-state index contributed by atoms with van der Waals surface area (Å²) >= 11 is 2.21. The molecule has 0 fully saturated rings. The Labute approximate surface area is 142 Å². The van der Waals surface area contributed by atoms with Crippen molar-refractivity contribution < 1.29 is 9.59 Å². The molecule has 0 saturated carbocycles. The Bertz CT molecular complexity index is 654. The zero-order valence-electron chi connectivity index (χ0n) is 12.0. The second-order valence-electron chi connectivity index (χ2n) is 4.57. The van der Waals surface area contributed by atoms with Gasteiger partial charge in [0.2, 0.25) is 5.91 Å². The van der Waals surface area contributed by atoms with Gasteiger partial charge in [0.25, 0.3) is 5.91 Å². The quantitative estimate of drug-likeness (QED) is 0.666. The third-order valence-corrected chi connectivity index (χ3v) is 3.67. The fraction of sp³-hybridized carbons (Fsp3) is 0.125. The van der Waals surface area contributed by atoms with Crippen molar-refractivity contribution in [3.8, 4) is 0 Å². The highest BCUT2D eigenvalue weighted by Crippen LogP contribution is 2.12. The van der Waals surface area contributed by atoms with Crippen molar-refractivity contribution in [2.24, 2.45) is 0 Å². The highest BCUT2D eigenvalue weighted by molar-refractivity contribution is 14.1. The average molecular weight is 409 g/mol. The van der Waals surface area contributed by atoms with Gasteiger partial charge < -0.3 is 16.0 Å². The summed E-state index contributed by atoms with van der Waals surface area (Å²) in [5.41, 5.74) is 2.13. The fourth-order valence-electron chi connectivity index (χ4n) is 1.80. The Morgan fingerprint density at radius 3 is 2.14 bits per heavy atom. The van der Waals surface area contributed by atoms with Gasteiger partial charge in [-0.2, -0.15) is 0 Å². The summed E-state index contributed by atoms with van der Waals surface area (Å²) in [7, 11) is 1.59. The molecule has 2 amide bonds. The zero-order valence-corrected chi connectivity index (χ0v) is 14.2. The number of hydrogen-bond acceptors (Lipinski definition) is 3. The van der Waals surface area contributed by atoms with Gasteiger partial charge in [-0.05, 0) is 71.1 Å². The van der Waals surface area contributed by atoms with Gasteiger partial charge in [0.15, 0.2) is 0 Å². The number of rotatable bonds is 5. The Morgan fingerprint density at radius 2 is 1.55 bits per heavy atom. The van der Waals surface area contributed by atoms with E-state index in [4.69, 9.17) is 0 Å². The lowest BCUT2D eigenvalue weighted by atomic mass is 10.2. The van der Waals surface area contributed by atoms with Crippen molar-refractivity contribution >= 4 is 45.8 Å². The van der Waals surface area contributed by atoms with Gasteiger partial charge in [0.05, 0.1) is 6.54 Å². The van der Waals surface area contributed by atoms with Gasteiger partial charge in [-0.15, -0.1) is 0 Å². The Morgan fingerprint density at radius 1 is 0.955 bits per heavy atom. The standard InChI is InChI=1S/C16H16IN3O2/c1-18-16(22)11-2-6-13(7-3-11)19-10-15(21)20-14-8-4-12(17)5-9-14/h2-9,19H,10H2,1H3,(H,18,22)(H,20,21). The molecule has 0 unspecified atom stereocenters. The number of nitrogens with one attached hydrogen (secondary N) is 3. The van der Waals surface area contributed by atoms with E-state index in [0.717, 1.165) is 14.9 Å². The third-order valence-electron chi connectivity index (χ3n) is 2.96. The van der Waals surface area contributed by atoms with Gasteiger partial charge in [-0.3, -0.25) is 9.59 Å². The van der Waals surface area contributed by atoms with Crippen molar-refractivity contribution in [2.75, 3.05) is 24.2 Å². The van der Waals surface area contributed by atoms with E-state index in [0.29, 0.717) is 5.56 Å². The van der Waals surface area contributed by atoms with Crippen LogP contribution < -0.4 is 16.0 Å². The van der Waals surface area contributed by atoms with Gasteiger partial charge in [-0.1, -0.05) is 0 Å². The molecule has 0 atom stereocenters. The molecule has 2 rings (SSSR count). The lowest BCUT2D eigenvalue weighted by Gasteiger charge is -2.08. The van der Waals surface area contributed by atoms with Crippen LogP contribution >= 0.6 is 22.6 Å². The predicted molar refractivity (Wildman–Crippen MR) is 96.1 cm³/mol. The fourth-order valence-corrected chi connectivity index (χ4v) is 2.16. The largest absolute Gasteiger partial charge is 0.376 e. The van der Waals surface area contributed by atoms with Crippen molar-refractivity contribution in [2.45, 2.75) is 0 Å². The summed E-state index contributed by atoms with van der Waals surface area (Å²) in [5, 5.41) is 8.38. The molecule has 0 aliphatic rings. The topological polar surface area (TPSA) is 70.2 Å². The van der Waals surface area contributed by atoms with Crippen LogP contribution in [0.2, 0.25) is 0 Å². The summed E-state index contributed by atoms with van der Waals surface area (Å²) in [6.45, 7) is 0.158. The molecule has 0 heterocycles. The smallest absolute Gasteiger partial charge is 0.251 e. The maximum atomic E-state index is 11.9. The van der Waals surface area contributed by atoms with E-state index in [1.807, 2.05) is 24.3 Å². The molecular weight excluding hydrogens is 393 g/mol. The number of amides is 2. The van der Waals surface area contributed by atoms with E-state index in [1.54, 1.807) is 31.3 Å². The molecule has 2 aromatic rings. The first kappa shape index (κ1) is 16.3. The monoisotopic (exact) mass is 409 g/mol. The summed E-state index contributed by atoms with van der Waals surface area (Å²) in [6, 6.07) is 14.5. The van der Waals surface area contributed by atoms with E-state index < -0.39 is 0 Å². The molecule has 0 saturated heterocycles. The van der Waals surface area contributed by atoms with E-state index in [2.05, 4.69) is 38.5 Å². The highest BCUT2D eigenvalue weighted by atomic mass is 127. The van der Waals surface area contributed by atoms with E-state index >= 15 is 0 Å². The Hall–Kier alpha value is -2.09. The highest BCUT2D eigenvalue weighted by Gasteiger charge is 2.04. The molecule has 0 radical (unpaired) electrons. The minimum absolute atomic E-state index is 0.128. The molecule has 0 aliphatic carbocycles. The molecule has 22 heavy (non-hydrogen) atoms. The van der Waals surface area contributed by atoms with Crippen molar-refractivity contribution in [1.82, 2.24) is 5.32 Å². The lowest BCUT2D eigenvalue weighted by molar-refractivity contribution is -0.114. The van der Waals surface area contributed by atoms with Crippen LogP contribution in [0.15, 0.2) is 48.5 Å². The van der Waals surface area contributed by atoms with Gasteiger partial charge in [0, 0.05) is 27.6 Å². The molecule has 114 valence electrons. The van der Waals surface area contributed by atoms with E-state index in [1.165, 1.54) is 0 Å². The van der Waals surface area contributed by atoms with Crippen LogP contribution in [0.25, 0.3) is 0 Å². The lowest BCUT2D eigenvalue weighted by Crippen LogP contribution is -2.22. The van der Waals surface area contributed by atoms with Crippen LogP contribution in [0.3, 0.4) is 0 Å². The molecule has 5 nitrogen and oxygen atoms in total. The molecule has 0 aromatic heterocycles. The SMILES string of the molecule is CNC(=O)c1ccc(NCC(=O)Nc2ccc(I)cc2)cc1. The van der Waals surface area contributed by atoms with E-state index in [-0.39, 0.29) is 18.4 Å². The average Bonchev–Trinajstić information content (AvgIpc) is 2.55. The molecule has 2 aromatic carbocycles. The van der Waals surface area contributed by atoms with Crippen molar-refractivity contribution in [3.05, 3.63) is 57.7 Å². The predicted octanol–water partition coefficient (Wildman–Crippen LogP) is 2.70. The van der Waals surface area contributed by atoms with Crippen LogP contribution in [0.4, 0.5) is 11.4 Å². The molecule has 6 heteroatoms. The summed E-state index contributed by atoms with van der Waals surface area (Å²) < 4.78 is 1.12.